The van der Waals surface area contributed by atoms with E-state index in [1.54, 1.807) is 18.2 Å². The monoisotopic (exact) mass is 410 g/mol. The Hall–Kier alpha value is -3.92. The van der Waals surface area contributed by atoms with Crippen LogP contribution in [0.25, 0.3) is 0 Å². The molecule has 6 N–H and O–H groups in total. The maximum atomic E-state index is 10.3. The van der Waals surface area contributed by atoms with Crippen molar-refractivity contribution in [2.75, 3.05) is 11.5 Å². The Morgan fingerprint density at radius 3 is 1.77 bits per heavy atom. The van der Waals surface area contributed by atoms with Crippen molar-refractivity contribution in [2.24, 2.45) is 0 Å². The molecule has 0 unspecified atom stereocenters. The standard InChI is InChI=1S/C27H26N2O2/c28-24-7-1-18(2-8-24)13-20-5-11-26(29)22(15-20)16-21-6-12-27(31)23(17-21)14-19-3-9-25(30)10-4-19/h1-12,15,17,30-31H,13-14,16,28-29H2. The molecule has 156 valence electrons. The van der Waals surface area contributed by atoms with Crippen molar-refractivity contribution >= 4 is 11.4 Å². The molecule has 0 aromatic heterocycles. The molecule has 0 saturated carbocycles. The molecular weight excluding hydrogens is 384 g/mol. The van der Waals surface area contributed by atoms with Gasteiger partial charge in [-0.25, -0.2) is 0 Å². The summed E-state index contributed by atoms with van der Waals surface area (Å²) < 4.78 is 0. The van der Waals surface area contributed by atoms with Crippen LogP contribution in [0.15, 0.2) is 84.9 Å². The molecule has 0 aliphatic rings. The second-order valence-electron chi connectivity index (χ2n) is 7.93. The van der Waals surface area contributed by atoms with Crippen LogP contribution in [0.5, 0.6) is 11.5 Å². The highest BCUT2D eigenvalue weighted by Crippen LogP contribution is 2.26. The fraction of sp³-hybridized carbons (Fsp3) is 0.111. The van der Waals surface area contributed by atoms with Crippen LogP contribution in [-0.4, -0.2) is 10.2 Å². The number of phenols is 2. The molecule has 0 radical (unpaired) electrons. The fourth-order valence-electron chi connectivity index (χ4n) is 3.74. The lowest BCUT2D eigenvalue weighted by Crippen LogP contribution is -1.99. The van der Waals surface area contributed by atoms with Crippen LogP contribution >= 0.6 is 0 Å². The van der Waals surface area contributed by atoms with Crippen LogP contribution in [0, 0.1) is 0 Å². The van der Waals surface area contributed by atoms with E-state index in [9.17, 15) is 10.2 Å². The van der Waals surface area contributed by atoms with Gasteiger partial charge in [0.25, 0.3) is 0 Å². The zero-order valence-electron chi connectivity index (χ0n) is 17.3. The van der Waals surface area contributed by atoms with Gasteiger partial charge in [-0.15, -0.1) is 0 Å². The number of hydrogen-bond donors (Lipinski definition) is 4. The minimum absolute atomic E-state index is 0.232. The number of hydrogen-bond acceptors (Lipinski definition) is 4. The Labute approximate surface area is 182 Å². The van der Waals surface area contributed by atoms with Crippen molar-refractivity contribution in [3.63, 3.8) is 0 Å². The lowest BCUT2D eigenvalue weighted by molar-refractivity contribution is 0.469. The van der Waals surface area contributed by atoms with E-state index in [1.807, 2.05) is 54.6 Å². The Balaban J connectivity index is 1.54. The summed E-state index contributed by atoms with van der Waals surface area (Å²) in [4.78, 5) is 0. The van der Waals surface area contributed by atoms with E-state index < -0.39 is 0 Å². The molecule has 4 nitrogen and oxygen atoms in total. The van der Waals surface area contributed by atoms with Crippen LogP contribution < -0.4 is 11.5 Å². The van der Waals surface area contributed by atoms with Crippen molar-refractivity contribution in [3.8, 4) is 11.5 Å². The lowest BCUT2D eigenvalue weighted by atomic mass is 9.95. The predicted molar refractivity (Wildman–Crippen MR) is 126 cm³/mol. The SMILES string of the molecule is Nc1ccc(Cc2ccc(N)c(Cc3ccc(O)c(Cc4ccc(O)cc4)c3)c2)cc1. The average Bonchev–Trinajstić information content (AvgIpc) is 2.76. The lowest BCUT2D eigenvalue weighted by Gasteiger charge is -2.12. The summed E-state index contributed by atoms with van der Waals surface area (Å²) in [7, 11) is 0. The van der Waals surface area contributed by atoms with Crippen LogP contribution in [0.1, 0.15) is 33.4 Å². The number of rotatable bonds is 6. The highest BCUT2D eigenvalue weighted by Gasteiger charge is 2.08. The van der Waals surface area contributed by atoms with Gasteiger partial charge in [-0.2, -0.15) is 0 Å². The van der Waals surface area contributed by atoms with E-state index in [4.69, 9.17) is 11.5 Å². The molecule has 31 heavy (non-hydrogen) atoms. The highest BCUT2D eigenvalue weighted by molar-refractivity contribution is 5.52. The third kappa shape index (κ3) is 5.17. The quantitative estimate of drug-likeness (QED) is 0.335. The third-order valence-electron chi connectivity index (χ3n) is 5.46. The molecule has 0 bridgehead atoms. The minimum Gasteiger partial charge on any atom is -0.508 e. The third-order valence-corrected chi connectivity index (χ3v) is 5.46. The summed E-state index contributed by atoms with van der Waals surface area (Å²) in [6, 6.07) is 26.8. The normalized spacial score (nSPS) is 10.8. The first-order chi connectivity index (χ1) is 15.0. The van der Waals surface area contributed by atoms with E-state index in [2.05, 4.69) is 12.1 Å². The number of phenolic OH excluding ortho intramolecular Hbond substituents is 2. The molecule has 0 atom stereocenters. The summed E-state index contributed by atoms with van der Waals surface area (Å²) in [6.07, 6.45) is 2.09. The van der Waals surface area contributed by atoms with Crippen molar-refractivity contribution in [1.29, 1.82) is 0 Å². The van der Waals surface area contributed by atoms with Crippen LogP contribution in [0.2, 0.25) is 0 Å². The summed E-state index contributed by atoms with van der Waals surface area (Å²) in [6.45, 7) is 0. The first-order valence-electron chi connectivity index (χ1n) is 10.3. The molecule has 0 spiro atoms. The molecule has 0 fully saturated rings. The molecule has 0 aliphatic heterocycles. The largest absolute Gasteiger partial charge is 0.508 e. The number of nitrogen functional groups attached to an aromatic ring is 2. The molecule has 0 saturated heterocycles. The van der Waals surface area contributed by atoms with Gasteiger partial charge in [0.2, 0.25) is 0 Å². The van der Waals surface area contributed by atoms with Gasteiger partial charge >= 0.3 is 0 Å². The zero-order valence-corrected chi connectivity index (χ0v) is 17.3. The Morgan fingerprint density at radius 2 is 1.03 bits per heavy atom. The summed E-state index contributed by atoms with van der Waals surface area (Å²) >= 11 is 0. The zero-order chi connectivity index (χ0) is 21.8. The number of anilines is 2. The van der Waals surface area contributed by atoms with Crippen molar-refractivity contribution < 1.29 is 10.2 Å². The number of aromatic hydroxyl groups is 2. The maximum absolute atomic E-state index is 10.3. The molecule has 4 aromatic carbocycles. The van der Waals surface area contributed by atoms with E-state index >= 15 is 0 Å². The van der Waals surface area contributed by atoms with Gasteiger partial charge in [0.15, 0.2) is 0 Å². The molecule has 4 heteroatoms. The second-order valence-corrected chi connectivity index (χ2v) is 7.93. The highest BCUT2D eigenvalue weighted by atomic mass is 16.3. The molecule has 4 rings (SSSR count). The molecule has 0 amide bonds. The summed E-state index contributed by atoms with van der Waals surface area (Å²) in [5, 5.41) is 19.8. The van der Waals surface area contributed by atoms with Gasteiger partial charge in [0, 0.05) is 17.8 Å². The Morgan fingerprint density at radius 1 is 0.516 bits per heavy atom. The van der Waals surface area contributed by atoms with Gasteiger partial charge in [-0.3, -0.25) is 0 Å². The van der Waals surface area contributed by atoms with E-state index in [0.717, 1.165) is 40.0 Å². The average molecular weight is 411 g/mol. The van der Waals surface area contributed by atoms with Crippen molar-refractivity contribution in [2.45, 2.75) is 19.3 Å². The van der Waals surface area contributed by atoms with E-state index in [-0.39, 0.29) is 11.5 Å². The van der Waals surface area contributed by atoms with Gasteiger partial charge in [-0.05, 0) is 82.6 Å². The van der Waals surface area contributed by atoms with E-state index in [1.165, 1.54) is 11.1 Å². The van der Waals surface area contributed by atoms with Crippen LogP contribution in [0.4, 0.5) is 11.4 Å². The van der Waals surface area contributed by atoms with Crippen molar-refractivity contribution in [3.05, 3.63) is 118 Å². The first kappa shape index (κ1) is 20.4. The molecule has 4 aromatic rings. The molecule has 0 aliphatic carbocycles. The minimum atomic E-state index is 0.232. The van der Waals surface area contributed by atoms with Gasteiger partial charge in [0.1, 0.15) is 11.5 Å². The van der Waals surface area contributed by atoms with E-state index in [0.29, 0.717) is 12.8 Å². The van der Waals surface area contributed by atoms with Crippen LogP contribution in [0.3, 0.4) is 0 Å². The van der Waals surface area contributed by atoms with Crippen LogP contribution in [-0.2, 0) is 19.3 Å². The smallest absolute Gasteiger partial charge is 0.119 e. The van der Waals surface area contributed by atoms with Crippen molar-refractivity contribution in [1.82, 2.24) is 0 Å². The van der Waals surface area contributed by atoms with Gasteiger partial charge < -0.3 is 21.7 Å². The summed E-state index contributed by atoms with van der Waals surface area (Å²) in [5.41, 5.74) is 20.0. The Kier molecular flexibility index (Phi) is 5.80. The Bertz CT molecular complexity index is 1180. The number of benzene rings is 4. The first-order valence-corrected chi connectivity index (χ1v) is 10.3. The second kappa shape index (κ2) is 8.84. The molecular formula is C27H26N2O2. The topological polar surface area (TPSA) is 92.5 Å². The maximum Gasteiger partial charge on any atom is 0.119 e. The fourth-order valence-corrected chi connectivity index (χ4v) is 3.74. The predicted octanol–water partition coefficient (Wildman–Crippen LogP) is 5.03. The number of nitrogens with two attached hydrogens (primary N) is 2. The summed E-state index contributed by atoms with van der Waals surface area (Å²) in [5.74, 6) is 0.498. The van der Waals surface area contributed by atoms with Gasteiger partial charge in [-0.1, -0.05) is 48.5 Å². The van der Waals surface area contributed by atoms with Gasteiger partial charge in [0.05, 0.1) is 0 Å². The molecule has 0 heterocycles.